The third kappa shape index (κ3) is 4.86. The van der Waals surface area contributed by atoms with Crippen molar-refractivity contribution in [3.8, 4) is 0 Å². The second-order valence-electron chi connectivity index (χ2n) is 8.64. The van der Waals surface area contributed by atoms with Crippen molar-refractivity contribution in [2.45, 2.75) is 6.42 Å². The Morgan fingerprint density at radius 3 is 2.29 bits per heavy atom. The van der Waals surface area contributed by atoms with Gasteiger partial charge in [-0.3, -0.25) is 25.0 Å². The van der Waals surface area contributed by atoms with Crippen molar-refractivity contribution in [1.82, 2.24) is 10.6 Å². The average Bonchev–Trinajstić information content (AvgIpc) is 3.40. The average molecular weight is 511 g/mol. The van der Waals surface area contributed by atoms with E-state index in [1.165, 1.54) is 18.2 Å². The monoisotopic (exact) mass is 510 g/mol. The summed E-state index contributed by atoms with van der Waals surface area (Å²) in [6.45, 7) is 0.499. The Labute approximate surface area is 216 Å². The molecule has 1 fully saturated rings. The molecule has 0 unspecified atom stereocenters. The number of nitro groups is 1. The van der Waals surface area contributed by atoms with E-state index >= 15 is 0 Å². The predicted octanol–water partition coefficient (Wildman–Crippen LogP) is 3.21. The molecule has 2 heterocycles. The minimum atomic E-state index is -0.580. The Morgan fingerprint density at radius 1 is 0.921 bits per heavy atom. The molecule has 38 heavy (non-hydrogen) atoms. The molecule has 5 rings (SSSR count). The molecule has 0 saturated carbocycles. The van der Waals surface area contributed by atoms with Gasteiger partial charge in [-0.1, -0.05) is 36.4 Å². The first kappa shape index (κ1) is 24.4. The Morgan fingerprint density at radius 2 is 1.66 bits per heavy atom. The first-order valence-corrected chi connectivity index (χ1v) is 11.7. The Bertz CT molecular complexity index is 1540. The summed E-state index contributed by atoms with van der Waals surface area (Å²) >= 11 is 0. The van der Waals surface area contributed by atoms with E-state index in [9.17, 15) is 24.5 Å². The zero-order chi connectivity index (χ0) is 26.8. The van der Waals surface area contributed by atoms with Crippen LogP contribution in [0.2, 0.25) is 0 Å². The lowest BCUT2D eigenvalue weighted by Crippen LogP contribution is -2.22. The number of amides is 4. The van der Waals surface area contributed by atoms with E-state index in [2.05, 4.69) is 21.3 Å². The standard InChI is InChI=1S/C27H22N6O5/c28-12-11-15-1-5-17(6-2-15)24(23-20-14-19(33(37)38)9-10-21(20)30-26(23)35)29-18-7-3-16(4-8-18)13-22-25(34)32-27(36)31-22/h1-10,13-14,29H,11-12,28H2,(H,30,35)(H2,31,32,34,36)/b22-13+,24-23-. The molecule has 0 aliphatic carbocycles. The van der Waals surface area contributed by atoms with Crippen molar-refractivity contribution in [2.75, 3.05) is 17.2 Å². The quantitative estimate of drug-likeness (QED) is 0.141. The summed E-state index contributed by atoms with van der Waals surface area (Å²) in [5.41, 5.74) is 10.4. The first-order chi connectivity index (χ1) is 18.3. The highest BCUT2D eigenvalue weighted by Crippen LogP contribution is 2.39. The fourth-order valence-corrected chi connectivity index (χ4v) is 4.26. The van der Waals surface area contributed by atoms with Gasteiger partial charge in [0.05, 0.1) is 16.2 Å². The van der Waals surface area contributed by atoms with Crippen LogP contribution in [0.5, 0.6) is 0 Å². The number of anilines is 2. The molecule has 0 atom stereocenters. The molecule has 3 aromatic rings. The molecule has 190 valence electrons. The number of nitrogens with one attached hydrogen (secondary N) is 4. The van der Waals surface area contributed by atoms with Crippen LogP contribution in [0.15, 0.2) is 72.4 Å². The normalized spacial score (nSPS) is 16.6. The van der Waals surface area contributed by atoms with Gasteiger partial charge in [-0.15, -0.1) is 0 Å². The van der Waals surface area contributed by atoms with Crippen LogP contribution in [0.4, 0.5) is 21.9 Å². The molecule has 11 nitrogen and oxygen atoms in total. The molecule has 6 N–H and O–H groups in total. The molecular formula is C27H22N6O5. The number of non-ortho nitro benzene ring substituents is 1. The summed E-state index contributed by atoms with van der Waals surface area (Å²) in [6, 6.07) is 18.2. The lowest BCUT2D eigenvalue weighted by atomic mass is 9.98. The lowest BCUT2D eigenvalue weighted by molar-refractivity contribution is -0.384. The SMILES string of the molecule is NCCc1ccc(/C(Nc2ccc(/C=C3/NC(=O)NC3=O)cc2)=C2/C(=O)Nc3ccc([N+](=O)[O-])cc32)cc1. The number of hydrogen-bond donors (Lipinski definition) is 5. The van der Waals surface area contributed by atoms with Crippen LogP contribution < -0.4 is 27.0 Å². The summed E-state index contributed by atoms with van der Waals surface area (Å²) in [4.78, 5) is 47.2. The second-order valence-corrected chi connectivity index (χ2v) is 8.64. The molecule has 0 spiro atoms. The summed E-state index contributed by atoms with van der Waals surface area (Å²) in [5, 5.41) is 22.1. The van der Waals surface area contributed by atoms with Gasteiger partial charge in [0.2, 0.25) is 0 Å². The largest absolute Gasteiger partial charge is 0.354 e. The molecule has 0 aromatic heterocycles. The Balaban J connectivity index is 1.56. The summed E-state index contributed by atoms with van der Waals surface area (Å²) in [5.74, 6) is -0.902. The third-order valence-corrected chi connectivity index (χ3v) is 6.10. The number of carbonyl (C=O) groups is 3. The van der Waals surface area contributed by atoms with E-state index in [1.54, 1.807) is 30.3 Å². The zero-order valence-corrected chi connectivity index (χ0v) is 19.9. The van der Waals surface area contributed by atoms with E-state index in [-0.39, 0.29) is 17.0 Å². The zero-order valence-electron chi connectivity index (χ0n) is 19.9. The summed E-state index contributed by atoms with van der Waals surface area (Å²) in [7, 11) is 0. The molecule has 3 aromatic carbocycles. The van der Waals surface area contributed by atoms with Crippen molar-refractivity contribution in [2.24, 2.45) is 5.73 Å². The highest BCUT2D eigenvalue weighted by Gasteiger charge is 2.30. The minimum absolute atomic E-state index is 0.129. The maximum Gasteiger partial charge on any atom is 0.326 e. The van der Waals surface area contributed by atoms with Gasteiger partial charge in [0.1, 0.15) is 5.70 Å². The van der Waals surface area contributed by atoms with Gasteiger partial charge in [-0.25, -0.2) is 4.79 Å². The van der Waals surface area contributed by atoms with Crippen molar-refractivity contribution in [3.05, 3.63) is 105 Å². The second kappa shape index (κ2) is 9.99. The van der Waals surface area contributed by atoms with Gasteiger partial charge in [0, 0.05) is 29.1 Å². The van der Waals surface area contributed by atoms with Crippen LogP contribution in [-0.4, -0.2) is 29.3 Å². The van der Waals surface area contributed by atoms with Crippen LogP contribution in [0.3, 0.4) is 0 Å². The number of fused-ring (bicyclic) bond motifs is 1. The summed E-state index contributed by atoms with van der Waals surface area (Å²) in [6.07, 6.45) is 2.24. The van der Waals surface area contributed by atoms with Crippen LogP contribution in [0, 0.1) is 10.1 Å². The van der Waals surface area contributed by atoms with Crippen LogP contribution in [0.1, 0.15) is 22.3 Å². The van der Waals surface area contributed by atoms with Crippen LogP contribution in [-0.2, 0) is 16.0 Å². The highest BCUT2D eigenvalue weighted by atomic mass is 16.6. The molecular weight excluding hydrogens is 488 g/mol. The number of urea groups is 1. The number of nitrogens with zero attached hydrogens (tertiary/aromatic N) is 1. The number of carbonyl (C=O) groups excluding carboxylic acids is 3. The van der Waals surface area contributed by atoms with Crippen molar-refractivity contribution >= 4 is 52.3 Å². The number of benzene rings is 3. The highest BCUT2D eigenvalue weighted by molar-refractivity contribution is 6.37. The minimum Gasteiger partial charge on any atom is -0.354 e. The van der Waals surface area contributed by atoms with Gasteiger partial charge >= 0.3 is 6.03 Å². The number of hydrogen-bond acceptors (Lipinski definition) is 7. The van der Waals surface area contributed by atoms with E-state index < -0.39 is 22.8 Å². The van der Waals surface area contributed by atoms with Crippen molar-refractivity contribution in [1.29, 1.82) is 0 Å². The third-order valence-electron chi connectivity index (χ3n) is 6.10. The molecule has 4 amide bonds. The molecule has 1 saturated heterocycles. The Kier molecular flexibility index (Phi) is 6.42. The lowest BCUT2D eigenvalue weighted by Gasteiger charge is -2.15. The van der Waals surface area contributed by atoms with Crippen LogP contribution in [0.25, 0.3) is 17.3 Å². The van der Waals surface area contributed by atoms with Crippen molar-refractivity contribution < 1.29 is 19.3 Å². The number of nitro benzene ring substituents is 1. The molecule has 11 heteroatoms. The van der Waals surface area contributed by atoms with Gasteiger partial charge in [0.15, 0.2) is 0 Å². The maximum absolute atomic E-state index is 13.1. The fraction of sp³-hybridized carbons (Fsp3) is 0.0741. The van der Waals surface area contributed by atoms with E-state index in [0.29, 0.717) is 46.7 Å². The molecule has 0 bridgehead atoms. The van der Waals surface area contributed by atoms with Gasteiger partial charge in [-0.05, 0) is 53.9 Å². The van der Waals surface area contributed by atoms with E-state index in [1.807, 2.05) is 24.3 Å². The number of rotatable bonds is 7. The molecule has 2 aliphatic heterocycles. The van der Waals surface area contributed by atoms with Crippen molar-refractivity contribution in [3.63, 3.8) is 0 Å². The Hall–Kier alpha value is -5.29. The smallest absolute Gasteiger partial charge is 0.326 e. The maximum atomic E-state index is 13.1. The number of imide groups is 1. The van der Waals surface area contributed by atoms with E-state index in [0.717, 1.165) is 5.56 Å². The van der Waals surface area contributed by atoms with Crippen LogP contribution >= 0.6 is 0 Å². The number of nitrogens with two attached hydrogens (primary N) is 1. The first-order valence-electron chi connectivity index (χ1n) is 11.7. The summed E-state index contributed by atoms with van der Waals surface area (Å²) < 4.78 is 0. The van der Waals surface area contributed by atoms with Gasteiger partial charge in [-0.2, -0.15) is 0 Å². The topological polar surface area (TPSA) is 168 Å². The van der Waals surface area contributed by atoms with Gasteiger partial charge < -0.3 is 21.7 Å². The predicted molar refractivity (Wildman–Crippen MR) is 142 cm³/mol. The molecule has 0 radical (unpaired) electrons. The fourth-order valence-electron chi connectivity index (χ4n) is 4.26. The molecule has 2 aliphatic rings. The van der Waals surface area contributed by atoms with Gasteiger partial charge in [0.25, 0.3) is 17.5 Å². The van der Waals surface area contributed by atoms with E-state index in [4.69, 9.17) is 5.73 Å².